The first kappa shape index (κ1) is 20.6. The lowest BCUT2D eigenvalue weighted by Crippen LogP contribution is -2.38. The number of piperidine rings is 1. The van der Waals surface area contributed by atoms with Gasteiger partial charge in [-0.2, -0.15) is 22.5 Å². The summed E-state index contributed by atoms with van der Waals surface area (Å²) in [7, 11) is -4.28. The van der Waals surface area contributed by atoms with Crippen LogP contribution in [0.1, 0.15) is 36.0 Å². The molecule has 1 aromatic carbocycles. The molecule has 0 aliphatic carbocycles. The fourth-order valence-corrected chi connectivity index (χ4v) is 5.15. The van der Waals surface area contributed by atoms with Crippen molar-refractivity contribution < 1.29 is 30.5 Å². The minimum atomic E-state index is -4.76. The number of rotatable bonds is 4. The summed E-state index contributed by atoms with van der Waals surface area (Å²) in [6.45, 7) is 1.89. The predicted octanol–water partition coefficient (Wildman–Crippen LogP) is 4.23. The molecule has 0 spiro atoms. The lowest BCUT2D eigenvalue weighted by Gasteiger charge is -2.30. The van der Waals surface area contributed by atoms with E-state index in [1.807, 2.05) is 0 Å². The summed E-state index contributed by atoms with van der Waals surface area (Å²) in [5.74, 6) is 1.63. The Balaban J connectivity index is 1.49. The third-order valence-corrected chi connectivity index (χ3v) is 6.97. The molecular weight excluding hydrogens is 423 g/mol. The molecule has 0 amide bonds. The number of nitrogens with zero attached hydrogens (tertiary/aromatic N) is 3. The number of hydrogen-bond acceptors (Lipinski definition) is 6. The number of benzene rings is 1. The van der Waals surface area contributed by atoms with Gasteiger partial charge in [-0.05, 0) is 44.0 Å². The highest BCUT2D eigenvalue weighted by molar-refractivity contribution is 7.89. The molecule has 0 N–H and O–H groups in total. The van der Waals surface area contributed by atoms with Crippen LogP contribution in [0.5, 0.6) is 0 Å². The second-order valence-electron chi connectivity index (χ2n) is 7.04. The highest BCUT2D eigenvalue weighted by Crippen LogP contribution is 2.37. The summed E-state index contributed by atoms with van der Waals surface area (Å²) in [4.78, 5) is 3.59. The van der Waals surface area contributed by atoms with Crippen molar-refractivity contribution >= 4 is 10.0 Å². The van der Waals surface area contributed by atoms with Gasteiger partial charge in [0.05, 0.1) is 10.5 Å². The van der Waals surface area contributed by atoms with Crippen molar-refractivity contribution in [3.63, 3.8) is 0 Å². The molecule has 30 heavy (non-hydrogen) atoms. The molecule has 1 saturated heterocycles. The molecule has 0 bridgehead atoms. The van der Waals surface area contributed by atoms with E-state index < -0.39 is 26.7 Å². The molecule has 0 saturated carbocycles. The summed E-state index contributed by atoms with van der Waals surface area (Å²) in [5, 5.41) is 3.89. The van der Waals surface area contributed by atoms with E-state index in [0.29, 0.717) is 36.1 Å². The zero-order chi connectivity index (χ0) is 21.5. The Hall–Kier alpha value is -2.66. The van der Waals surface area contributed by atoms with Gasteiger partial charge in [-0.1, -0.05) is 17.3 Å². The van der Waals surface area contributed by atoms with Crippen molar-refractivity contribution in [1.29, 1.82) is 0 Å². The molecule has 1 fully saturated rings. The first-order valence-corrected chi connectivity index (χ1v) is 10.7. The number of aryl methyl sites for hydroxylation is 1. The van der Waals surface area contributed by atoms with Crippen LogP contribution in [0.15, 0.2) is 50.2 Å². The molecule has 3 aromatic rings. The molecule has 1 aliphatic rings. The monoisotopic (exact) mass is 441 g/mol. The standard InChI is InChI=1S/C19H18F3N3O4S/c1-12-6-7-15(28-12)17-23-18(29-24-17)13-8-10-25(11-9-13)30(26,27)16-5-3-2-4-14(16)19(20,21)22/h2-7,13H,8-11H2,1H3. The fourth-order valence-electron chi connectivity index (χ4n) is 3.46. The van der Waals surface area contributed by atoms with E-state index in [2.05, 4.69) is 10.1 Å². The van der Waals surface area contributed by atoms with E-state index in [1.54, 1.807) is 19.1 Å². The van der Waals surface area contributed by atoms with Gasteiger partial charge >= 0.3 is 6.18 Å². The average Bonchev–Trinajstić information content (AvgIpc) is 3.36. The van der Waals surface area contributed by atoms with Gasteiger partial charge in [0.1, 0.15) is 5.76 Å². The Kier molecular flexibility index (Phi) is 5.18. The molecule has 11 heteroatoms. The van der Waals surface area contributed by atoms with Crippen LogP contribution >= 0.6 is 0 Å². The molecule has 7 nitrogen and oxygen atoms in total. The van der Waals surface area contributed by atoms with Gasteiger partial charge in [0, 0.05) is 19.0 Å². The van der Waals surface area contributed by atoms with Gasteiger partial charge in [0.25, 0.3) is 0 Å². The summed E-state index contributed by atoms with van der Waals surface area (Å²) in [5.41, 5.74) is -1.16. The lowest BCUT2D eigenvalue weighted by atomic mass is 9.98. The first-order chi connectivity index (χ1) is 14.2. The van der Waals surface area contributed by atoms with Crippen LogP contribution in [0.25, 0.3) is 11.6 Å². The lowest BCUT2D eigenvalue weighted by molar-refractivity contribution is -0.139. The van der Waals surface area contributed by atoms with Crippen LogP contribution in [-0.4, -0.2) is 36.0 Å². The van der Waals surface area contributed by atoms with Crippen LogP contribution in [0.4, 0.5) is 13.2 Å². The van der Waals surface area contributed by atoms with E-state index in [0.717, 1.165) is 16.4 Å². The summed E-state index contributed by atoms with van der Waals surface area (Å²) in [6.07, 6.45) is -4.05. The Morgan fingerprint density at radius 3 is 2.43 bits per heavy atom. The topological polar surface area (TPSA) is 89.4 Å². The molecule has 2 aromatic heterocycles. The van der Waals surface area contributed by atoms with Gasteiger partial charge in [-0.3, -0.25) is 0 Å². The summed E-state index contributed by atoms with van der Waals surface area (Å²) >= 11 is 0. The fraction of sp³-hybridized carbons (Fsp3) is 0.368. The van der Waals surface area contributed by atoms with E-state index in [9.17, 15) is 21.6 Å². The molecule has 0 unspecified atom stereocenters. The van der Waals surface area contributed by atoms with Crippen molar-refractivity contribution in [1.82, 2.24) is 14.4 Å². The largest absolute Gasteiger partial charge is 0.458 e. The van der Waals surface area contributed by atoms with Gasteiger partial charge in [-0.15, -0.1) is 0 Å². The van der Waals surface area contributed by atoms with Gasteiger partial charge in [0.2, 0.25) is 21.7 Å². The maximum atomic E-state index is 13.3. The second-order valence-corrected chi connectivity index (χ2v) is 8.95. The third kappa shape index (κ3) is 3.86. The minimum absolute atomic E-state index is 0.0523. The Bertz CT molecular complexity index is 1150. The number of furan rings is 1. The molecule has 0 atom stereocenters. The van der Waals surface area contributed by atoms with E-state index in [4.69, 9.17) is 8.94 Å². The van der Waals surface area contributed by atoms with Crippen molar-refractivity contribution in [3.05, 3.63) is 53.6 Å². The number of hydrogen-bond donors (Lipinski definition) is 0. The van der Waals surface area contributed by atoms with E-state index >= 15 is 0 Å². The van der Waals surface area contributed by atoms with Gasteiger partial charge < -0.3 is 8.94 Å². The summed E-state index contributed by atoms with van der Waals surface area (Å²) in [6, 6.07) is 7.70. The summed E-state index contributed by atoms with van der Waals surface area (Å²) < 4.78 is 77.3. The van der Waals surface area contributed by atoms with Crippen LogP contribution in [-0.2, 0) is 16.2 Å². The smallest absolute Gasteiger partial charge is 0.417 e. The van der Waals surface area contributed by atoms with Crippen LogP contribution in [0, 0.1) is 6.92 Å². The second kappa shape index (κ2) is 7.55. The van der Waals surface area contributed by atoms with E-state index in [-0.39, 0.29) is 19.0 Å². The number of aromatic nitrogens is 2. The normalized spacial score (nSPS) is 16.8. The molecular formula is C19H18F3N3O4S. The Morgan fingerprint density at radius 1 is 1.10 bits per heavy atom. The van der Waals surface area contributed by atoms with Crippen LogP contribution in [0.2, 0.25) is 0 Å². The van der Waals surface area contributed by atoms with Gasteiger partial charge in [-0.25, -0.2) is 8.42 Å². The van der Waals surface area contributed by atoms with Crippen molar-refractivity contribution in [2.45, 2.75) is 36.8 Å². The minimum Gasteiger partial charge on any atom is -0.458 e. The Labute approximate surface area is 170 Å². The molecule has 1 aliphatic heterocycles. The predicted molar refractivity (Wildman–Crippen MR) is 98.9 cm³/mol. The van der Waals surface area contributed by atoms with Crippen molar-refractivity contribution in [2.75, 3.05) is 13.1 Å². The first-order valence-electron chi connectivity index (χ1n) is 9.23. The zero-order valence-corrected chi connectivity index (χ0v) is 16.7. The Morgan fingerprint density at radius 2 is 1.80 bits per heavy atom. The maximum absolute atomic E-state index is 13.3. The number of alkyl halides is 3. The average molecular weight is 441 g/mol. The molecule has 160 valence electrons. The molecule has 0 radical (unpaired) electrons. The van der Waals surface area contributed by atoms with Crippen LogP contribution < -0.4 is 0 Å². The maximum Gasteiger partial charge on any atom is 0.417 e. The molecule has 4 rings (SSSR count). The van der Waals surface area contributed by atoms with Gasteiger partial charge in [0.15, 0.2) is 5.76 Å². The van der Waals surface area contributed by atoms with E-state index in [1.165, 1.54) is 12.1 Å². The highest BCUT2D eigenvalue weighted by Gasteiger charge is 2.40. The molecule has 3 heterocycles. The SMILES string of the molecule is Cc1ccc(-c2noc(C3CCN(S(=O)(=O)c4ccccc4C(F)(F)F)CC3)n2)o1. The zero-order valence-electron chi connectivity index (χ0n) is 15.9. The highest BCUT2D eigenvalue weighted by atomic mass is 32.2. The number of halogens is 3. The van der Waals surface area contributed by atoms with Crippen molar-refractivity contribution in [2.24, 2.45) is 0 Å². The quantitative estimate of drug-likeness (QED) is 0.602. The number of sulfonamides is 1. The third-order valence-electron chi connectivity index (χ3n) is 5.02. The van der Waals surface area contributed by atoms with Crippen molar-refractivity contribution in [3.8, 4) is 11.6 Å². The van der Waals surface area contributed by atoms with Crippen LogP contribution in [0.3, 0.4) is 0 Å².